The Labute approximate surface area is 837 Å². The Morgan fingerprint density at radius 2 is 0.321 bits per heavy atom. The van der Waals surface area contributed by atoms with E-state index in [0.29, 0.717) is 0 Å². The van der Waals surface area contributed by atoms with E-state index in [1.165, 1.54) is 261 Å². The van der Waals surface area contributed by atoms with Gasteiger partial charge >= 0.3 is 0 Å². The Hall–Kier alpha value is -14.6. The maximum atomic E-state index is 2.28. The lowest BCUT2D eigenvalue weighted by atomic mass is 9.93. The van der Waals surface area contributed by atoms with Crippen molar-refractivity contribution in [1.29, 1.82) is 0 Å². The molecule has 0 amide bonds. The van der Waals surface area contributed by atoms with Crippen molar-refractivity contribution in [3.63, 3.8) is 0 Å². The fourth-order valence-corrected chi connectivity index (χ4v) is 19.7. The third kappa shape index (κ3) is 23.9. The predicted octanol–water partition coefficient (Wildman–Crippen LogP) is 43.0. The molecule has 0 aliphatic carbocycles. The average Bonchev–Trinajstić information content (AvgIpc) is 0.766. The zero-order chi connectivity index (χ0) is 101. The van der Waals surface area contributed by atoms with Crippen LogP contribution in [-0.2, 0) is 0 Å². The van der Waals surface area contributed by atoms with Gasteiger partial charge < -0.3 is 0 Å². The number of rotatable bonds is 0. The zero-order valence-electron chi connectivity index (χ0n) is 89.0. The molecule has 0 bridgehead atoms. The molecule has 0 atom stereocenters. The van der Waals surface area contributed by atoms with Crippen LogP contribution in [0.25, 0.3) is 172 Å². The minimum Gasteiger partial charge on any atom is -0.0683 e. The van der Waals surface area contributed by atoms with Crippen LogP contribution in [0.15, 0.2) is 388 Å². The molecule has 0 saturated heterocycles. The van der Waals surface area contributed by atoms with Gasteiger partial charge in [0.1, 0.15) is 0 Å². The van der Waals surface area contributed by atoms with Crippen LogP contribution in [0.3, 0.4) is 0 Å². The van der Waals surface area contributed by atoms with E-state index in [4.69, 9.17) is 0 Å². The number of aryl methyl sites for hydroxylation is 16. The molecule has 0 aliphatic rings. The standard InChI is InChI=1S/8C16H14.6C2H6/c1-11-5-3-7-15-13(11)9-10-14-12(2)6-4-8-16(14)15;1-11-12(2)14-8-4-6-10-16(14)15-9-5-3-7-13(11)15;1-11-6-5-9-14-12(2)10-13-7-3-4-8-15(13)16(11)14;1-11-6-5-9-15-14-8-4-3-7-13(14)10-12(2)16(11)15;1-11-7-8-15-13(9-11)10-12(2)14-5-3-4-6-16(14)15;1-11-7-8-13-10-12(2)14-5-3-4-6-15(14)16(13)9-11;1-11-7-8-14-12(2)10-13-5-3-4-6-15(13)16(14)9-11;1-11-7-8-15-14-6-4-3-5-13(14)10-12(2)16(15)9-11;6*1-2/h8*3-10H,1-2H3;6*1-2H3. The third-order valence-corrected chi connectivity index (χ3v) is 26.3. The second kappa shape index (κ2) is 50.7. The Morgan fingerprint density at radius 3 is 0.771 bits per heavy atom. The van der Waals surface area contributed by atoms with E-state index >= 15 is 0 Å². The summed E-state index contributed by atoms with van der Waals surface area (Å²) in [6.45, 7) is 58.9. The minimum absolute atomic E-state index is 1.32. The molecule has 0 fully saturated rings. The number of benzene rings is 24. The van der Waals surface area contributed by atoms with Gasteiger partial charge in [0, 0.05) is 0 Å². The summed E-state index contributed by atoms with van der Waals surface area (Å²) in [6.07, 6.45) is 0. The Kier molecular flexibility index (Phi) is 38.3. The van der Waals surface area contributed by atoms with Crippen molar-refractivity contribution in [1.82, 2.24) is 0 Å². The van der Waals surface area contributed by atoms with E-state index < -0.39 is 0 Å². The SMILES string of the molecule is CC.CC.CC.CC.CC.CC.Cc1c(C)c2ccccc2c2ccccc12.Cc1cc2ccccc2c2c(C)cccc12.Cc1ccc2c(C)cc3ccccc3c2c1.Cc1ccc2c(c1)c(C)cc1ccccc12.Cc1ccc2c(c1)cc(C)c1ccccc12.Cc1ccc2cc(C)c3ccccc3c2c1.Cc1cccc2c1c(C)cc1ccccc12.Cc1cccc2c1ccc1c(C)cccc12. The molecule has 0 spiro atoms. The quantitative estimate of drug-likeness (QED) is 0.133. The average molecular weight is 1830 g/mol. The molecule has 0 aliphatic heterocycles. The number of hydrogen-bond donors (Lipinski definition) is 0. The van der Waals surface area contributed by atoms with Crippen molar-refractivity contribution in [3.05, 3.63) is 477 Å². The van der Waals surface area contributed by atoms with Crippen LogP contribution in [0, 0.1) is 111 Å². The molecule has 0 N–H and O–H groups in total. The summed E-state index contributed by atoms with van der Waals surface area (Å²) in [5.41, 5.74) is 21.7. The van der Waals surface area contributed by atoms with Crippen molar-refractivity contribution in [3.8, 4) is 0 Å². The van der Waals surface area contributed by atoms with Gasteiger partial charge in [-0.2, -0.15) is 0 Å². The first-order valence-electron chi connectivity index (χ1n) is 51.2. The highest BCUT2D eigenvalue weighted by atomic mass is 14.2. The van der Waals surface area contributed by atoms with Crippen molar-refractivity contribution in [2.24, 2.45) is 0 Å². The van der Waals surface area contributed by atoms with E-state index in [2.05, 4.69) is 499 Å². The van der Waals surface area contributed by atoms with Crippen molar-refractivity contribution < 1.29 is 0 Å². The van der Waals surface area contributed by atoms with Crippen LogP contribution in [0.1, 0.15) is 172 Å². The second-order valence-corrected chi connectivity index (χ2v) is 35.4. The van der Waals surface area contributed by atoms with Crippen LogP contribution in [0.4, 0.5) is 0 Å². The van der Waals surface area contributed by atoms with Crippen molar-refractivity contribution in [2.75, 3.05) is 0 Å². The summed E-state index contributed by atoms with van der Waals surface area (Å²) in [4.78, 5) is 0. The van der Waals surface area contributed by atoms with E-state index in [9.17, 15) is 0 Å². The molecule has 24 aromatic carbocycles. The van der Waals surface area contributed by atoms with Crippen LogP contribution in [0.2, 0.25) is 0 Å². The molecule has 0 radical (unpaired) electrons. The van der Waals surface area contributed by atoms with Crippen LogP contribution >= 0.6 is 0 Å². The van der Waals surface area contributed by atoms with Gasteiger partial charge in [0.2, 0.25) is 0 Å². The molecule has 0 unspecified atom stereocenters. The summed E-state index contributed by atoms with van der Waals surface area (Å²) >= 11 is 0. The molecule has 0 nitrogen and oxygen atoms in total. The van der Waals surface area contributed by atoms with E-state index in [1.807, 2.05) is 83.1 Å². The first-order valence-corrected chi connectivity index (χ1v) is 51.2. The highest BCUT2D eigenvalue weighted by Crippen LogP contribution is 2.39. The first-order chi connectivity index (χ1) is 68.1. The summed E-state index contributed by atoms with van der Waals surface area (Å²) in [6, 6.07) is 140. The molecule has 0 aromatic heterocycles. The van der Waals surface area contributed by atoms with E-state index in [0.717, 1.165) is 0 Å². The molecular weight excluding hydrogens is 1680 g/mol. The normalized spacial score (nSPS) is 10.4. The summed E-state index contributed by atoms with van der Waals surface area (Å²) in [5, 5.41) is 43.5. The fourth-order valence-electron chi connectivity index (χ4n) is 19.7. The molecule has 708 valence electrons. The smallest absolute Gasteiger partial charge is 0.00735 e. The van der Waals surface area contributed by atoms with E-state index in [-0.39, 0.29) is 0 Å². The fraction of sp³-hybridized carbons (Fsp3) is 0.200. The summed E-state index contributed by atoms with van der Waals surface area (Å²) in [5.74, 6) is 0. The molecule has 24 aromatic rings. The van der Waals surface area contributed by atoms with Gasteiger partial charge in [-0.25, -0.2) is 0 Å². The lowest BCUT2D eigenvalue weighted by Gasteiger charge is -2.11. The summed E-state index contributed by atoms with van der Waals surface area (Å²) in [7, 11) is 0. The predicted molar refractivity (Wildman–Crippen MR) is 636 cm³/mol. The van der Waals surface area contributed by atoms with Gasteiger partial charge in [-0.05, 0) is 350 Å². The van der Waals surface area contributed by atoms with Gasteiger partial charge in [-0.3, -0.25) is 0 Å². The Morgan fingerprint density at radius 1 is 0.100 bits per heavy atom. The van der Waals surface area contributed by atoms with Gasteiger partial charge in [-0.1, -0.05) is 494 Å². The number of hydrogen-bond acceptors (Lipinski definition) is 0. The molecule has 0 heteroatoms. The minimum atomic E-state index is 1.32. The van der Waals surface area contributed by atoms with Gasteiger partial charge in [0.05, 0.1) is 0 Å². The van der Waals surface area contributed by atoms with Gasteiger partial charge in [0.25, 0.3) is 0 Å². The third-order valence-electron chi connectivity index (χ3n) is 26.3. The zero-order valence-corrected chi connectivity index (χ0v) is 89.0. The van der Waals surface area contributed by atoms with Crippen LogP contribution < -0.4 is 0 Å². The van der Waals surface area contributed by atoms with Crippen LogP contribution in [0.5, 0.6) is 0 Å². The number of fused-ring (bicyclic) bond motifs is 24. The lowest BCUT2D eigenvalue weighted by molar-refractivity contribution is 1.41. The largest absolute Gasteiger partial charge is 0.0683 e. The Bertz CT molecular complexity index is 8140. The van der Waals surface area contributed by atoms with Gasteiger partial charge in [-0.15, -0.1) is 0 Å². The highest BCUT2D eigenvalue weighted by Gasteiger charge is 2.13. The molecule has 140 heavy (non-hydrogen) atoms. The maximum Gasteiger partial charge on any atom is -0.00735 e. The van der Waals surface area contributed by atoms with Crippen molar-refractivity contribution >= 4 is 172 Å². The lowest BCUT2D eigenvalue weighted by Crippen LogP contribution is -1.87. The molecule has 24 rings (SSSR count). The van der Waals surface area contributed by atoms with Gasteiger partial charge in [0.15, 0.2) is 0 Å². The first kappa shape index (κ1) is 106. The van der Waals surface area contributed by atoms with E-state index in [1.54, 1.807) is 0 Å². The maximum absolute atomic E-state index is 2.28. The summed E-state index contributed by atoms with van der Waals surface area (Å²) < 4.78 is 0. The van der Waals surface area contributed by atoms with Crippen LogP contribution in [-0.4, -0.2) is 0 Å². The molecule has 0 saturated carbocycles. The monoisotopic (exact) mass is 1830 g/mol. The molecule has 0 heterocycles. The molecular formula is C140H148. The topological polar surface area (TPSA) is 0 Å². The van der Waals surface area contributed by atoms with Crippen molar-refractivity contribution in [2.45, 2.75) is 194 Å². The Balaban J connectivity index is 0.000000151. The highest BCUT2D eigenvalue weighted by molar-refractivity contribution is 6.16. The second-order valence-electron chi connectivity index (χ2n) is 35.4.